The van der Waals surface area contributed by atoms with Gasteiger partial charge in [0.2, 0.25) is 0 Å². The number of nitrogens with zero attached hydrogens (tertiary/aromatic N) is 1. The summed E-state index contributed by atoms with van der Waals surface area (Å²) < 4.78 is 0. The van der Waals surface area contributed by atoms with Crippen LogP contribution in [0.5, 0.6) is 0 Å². The zero-order chi connectivity index (χ0) is 13.4. The smallest absolute Gasteiger partial charge is 0.326 e. The molecule has 2 unspecified atom stereocenters. The second-order valence-electron chi connectivity index (χ2n) is 3.88. The Labute approximate surface area is 107 Å². The van der Waals surface area contributed by atoms with Gasteiger partial charge in [-0.15, -0.1) is 0 Å². The average molecular weight is 262 g/mol. The van der Waals surface area contributed by atoms with Crippen LogP contribution in [0.3, 0.4) is 0 Å². The van der Waals surface area contributed by atoms with Gasteiger partial charge in [-0.1, -0.05) is 13.8 Å². The number of nitrogens with one attached hydrogen (secondary N) is 1. The summed E-state index contributed by atoms with van der Waals surface area (Å²) in [6.45, 7) is 5.72. The monoisotopic (exact) mass is 262 g/mol. The number of hydrogen-bond acceptors (Lipinski definition) is 3. The van der Waals surface area contributed by atoms with Crippen LogP contribution >= 0.6 is 11.8 Å². The molecule has 2 atom stereocenters. The third-order valence-corrected chi connectivity index (χ3v) is 3.55. The van der Waals surface area contributed by atoms with Crippen LogP contribution < -0.4 is 5.32 Å². The van der Waals surface area contributed by atoms with E-state index in [0.717, 1.165) is 11.5 Å². The molecule has 0 fully saturated rings. The molecule has 0 saturated carbocycles. The van der Waals surface area contributed by atoms with Crippen molar-refractivity contribution in [3.63, 3.8) is 0 Å². The minimum absolute atomic E-state index is 0.0428. The quantitative estimate of drug-likeness (QED) is 0.731. The Hall–Kier alpha value is -0.910. The van der Waals surface area contributed by atoms with Crippen LogP contribution in [0, 0.1) is 0 Å². The summed E-state index contributed by atoms with van der Waals surface area (Å²) in [6, 6.07) is -1.05. The molecule has 6 heteroatoms. The molecule has 0 rings (SSSR count). The number of carboxylic acid groups (broad SMARTS) is 1. The molecule has 0 bridgehead atoms. The zero-order valence-electron chi connectivity index (χ0n) is 10.9. The van der Waals surface area contributed by atoms with Gasteiger partial charge in [-0.25, -0.2) is 9.59 Å². The van der Waals surface area contributed by atoms with Gasteiger partial charge in [0.15, 0.2) is 0 Å². The number of urea groups is 1. The van der Waals surface area contributed by atoms with Crippen LogP contribution in [0.15, 0.2) is 0 Å². The van der Waals surface area contributed by atoms with E-state index >= 15 is 0 Å². The summed E-state index contributed by atoms with van der Waals surface area (Å²) in [5.74, 6) is 0.864. The lowest BCUT2D eigenvalue weighted by Crippen LogP contribution is -2.49. The first-order valence-electron chi connectivity index (χ1n) is 5.77. The maximum Gasteiger partial charge on any atom is 0.326 e. The Balaban J connectivity index is 4.25. The molecule has 2 N–H and O–H groups in total. The normalized spacial score (nSPS) is 13.9. The molecule has 5 nitrogen and oxygen atoms in total. The molecule has 0 radical (unpaired) electrons. The number of carboxylic acids is 1. The third-order valence-electron chi connectivity index (χ3n) is 2.40. The van der Waals surface area contributed by atoms with Gasteiger partial charge < -0.3 is 15.3 Å². The highest BCUT2D eigenvalue weighted by Gasteiger charge is 2.25. The van der Waals surface area contributed by atoms with Crippen LogP contribution in [0.1, 0.15) is 27.2 Å². The predicted octanol–water partition coefficient (Wildman–Crippen LogP) is 1.63. The molecular formula is C11H22N2O3S. The fourth-order valence-corrected chi connectivity index (χ4v) is 2.08. The molecule has 100 valence electrons. The lowest BCUT2D eigenvalue weighted by atomic mass is 10.2. The van der Waals surface area contributed by atoms with Gasteiger partial charge in [-0.05, 0) is 19.1 Å². The van der Waals surface area contributed by atoms with Crippen LogP contribution in [0.2, 0.25) is 0 Å². The topological polar surface area (TPSA) is 69.6 Å². The molecule has 0 heterocycles. The SMILES string of the molecule is CCSCC(C)NC(=O)N(C)C(CC)C(=O)O. The standard InChI is InChI=1S/C11H22N2O3S/c1-5-9(10(14)15)13(4)11(16)12-8(3)7-17-6-2/h8-9H,5-7H2,1-4H3,(H,12,16)(H,14,15). The number of aliphatic carboxylic acids is 1. The molecule has 0 aliphatic rings. The van der Waals surface area contributed by atoms with Crippen molar-refractivity contribution in [1.82, 2.24) is 10.2 Å². The first-order chi connectivity index (χ1) is 7.93. The second kappa shape index (κ2) is 8.22. The molecule has 17 heavy (non-hydrogen) atoms. The van der Waals surface area contributed by atoms with Gasteiger partial charge in [-0.2, -0.15) is 11.8 Å². The van der Waals surface area contributed by atoms with Crippen LogP contribution in [0.25, 0.3) is 0 Å². The van der Waals surface area contributed by atoms with E-state index in [1.54, 1.807) is 18.7 Å². The fourth-order valence-electron chi connectivity index (χ4n) is 1.40. The van der Waals surface area contributed by atoms with E-state index in [2.05, 4.69) is 12.2 Å². The number of thioether (sulfide) groups is 1. The highest BCUT2D eigenvalue weighted by molar-refractivity contribution is 7.99. The van der Waals surface area contributed by atoms with E-state index in [4.69, 9.17) is 5.11 Å². The lowest BCUT2D eigenvalue weighted by molar-refractivity contribution is -0.141. The molecule has 0 aromatic rings. The molecule has 2 amide bonds. The maximum atomic E-state index is 11.8. The number of likely N-dealkylation sites (N-methyl/N-ethyl adjacent to an activating group) is 1. The second-order valence-corrected chi connectivity index (χ2v) is 5.20. The van der Waals surface area contributed by atoms with E-state index in [1.807, 2.05) is 6.92 Å². The van der Waals surface area contributed by atoms with Crippen LogP contribution in [0.4, 0.5) is 4.79 Å². The lowest BCUT2D eigenvalue weighted by Gasteiger charge is -2.25. The van der Waals surface area contributed by atoms with Gasteiger partial charge in [0.05, 0.1) is 0 Å². The summed E-state index contributed by atoms with van der Waals surface area (Å²) in [5.41, 5.74) is 0. The minimum Gasteiger partial charge on any atom is -0.480 e. The maximum absolute atomic E-state index is 11.8. The molecular weight excluding hydrogens is 240 g/mol. The van der Waals surface area contributed by atoms with Crippen molar-refractivity contribution in [1.29, 1.82) is 0 Å². The van der Waals surface area contributed by atoms with E-state index in [1.165, 1.54) is 11.9 Å². The Kier molecular flexibility index (Phi) is 7.78. The first kappa shape index (κ1) is 16.1. The van der Waals surface area contributed by atoms with Gasteiger partial charge in [-0.3, -0.25) is 0 Å². The predicted molar refractivity (Wildman–Crippen MR) is 70.5 cm³/mol. The number of carbonyl (C=O) groups excluding carboxylic acids is 1. The molecule has 0 spiro atoms. The third kappa shape index (κ3) is 5.81. The highest BCUT2D eigenvalue weighted by atomic mass is 32.2. The Morgan fingerprint density at radius 3 is 2.41 bits per heavy atom. The van der Waals surface area contributed by atoms with Crippen molar-refractivity contribution in [2.75, 3.05) is 18.6 Å². The molecule has 0 aromatic heterocycles. The van der Waals surface area contributed by atoms with Gasteiger partial charge in [0.1, 0.15) is 6.04 Å². The number of hydrogen-bond donors (Lipinski definition) is 2. The number of rotatable bonds is 7. The van der Waals surface area contributed by atoms with Crippen molar-refractivity contribution < 1.29 is 14.7 Å². The van der Waals surface area contributed by atoms with Crippen LogP contribution in [-0.4, -0.2) is 52.6 Å². The first-order valence-corrected chi connectivity index (χ1v) is 6.93. The number of amides is 2. The van der Waals surface area contributed by atoms with Gasteiger partial charge >= 0.3 is 12.0 Å². The van der Waals surface area contributed by atoms with Crippen molar-refractivity contribution in [2.24, 2.45) is 0 Å². The molecule has 0 aliphatic heterocycles. The minimum atomic E-state index is -0.972. The zero-order valence-corrected chi connectivity index (χ0v) is 11.7. The van der Waals surface area contributed by atoms with E-state index in [-0.39, 0.29) is 12.1 Å². The number of carbonyl (C=O) groups is 2. The summed E-state index contributed by atoms with van der Waals surface area (Å²) in [4.78, 5) is 23.9. The van der Waals surface area contributed by atoms with Crippen LogP contribution in [-0.2, 0) is 4.79 Å². The summed E-state index contributed by atoms with van der Waals surface area (Å²) >= 11 is 1.74. The van der Waals surface area contributed by atoms with Crippen molar-refractivity contribution >= 4 is 23.8 Å². The Bertz CT molecular complexity index is 261. The summed E-state index contributed by atoms with van der Waals surface area (Å²) in [5, 5.41) is 11.7. The highest BCUT2D eigenvalue weighted by Crippen LogP contribution is 2.05. The Morgan fingerprint density at radius 2 is 2.00 bits per heavy atom. The Morgan fingerprint density at radius 1 is 1.41 bits per heavy atom. The largest absolute Gasteiger partial charge is 0.480 e. The average Bonchev–Trinajstić information content (AvgIpc) is 2.26. The van der Waals surface area contributed by atoms with E-state index in [0.29, 0.717) is 6.42 Å². The molecule has 0 saturated heterocycles. The van der Waals surface area contributed by atoms with E-state index < -0.39 is 12.0 Å². The van der Waals surface area contributed by atoms with Crippen molar-refractivity contribution in [3.05, 3.63) is 0 Å². The van der Waals surface area contributed by atoms with Gasteiger partial charge in [0, 0.05) is 18.8 Å². The molecule has 0 aromatic carbocycles. The van der Waals surface area contributed by atoms with Crippen molar-refractivity contribution in [2.45, 2.75) is 39.3 Å². The van der Waals surface area contributed by atoms with Crippen molar-refractivity contribution in [3.8, 4) is 0 Å². The molecule has 0 aliphatic carbocycles. The summed E-state index contributed by atoms with van der Waals surface area (Å²) in [6.07, 6.45) is 0.400. The van der Waals surface area contributed by atoms with Gasteiger partial charge in [0.25, 0.3) is 0 Å². The van der Waals surface area contributed by atoms with E-state index in [9.17, 15) is 9.59 Å². The fraction of sp³-hybridized carbons (Fsp3) is 0.818. The summed E-state index contributed by atoms with van der Waals surface area (Å²) in [7, 11) is 1.51.